The molecule has 1 aromatic carbocycles. The second-order valence-corrected chi connectivity index (χ2v) is 5.48. The number of hydrogen-bond donors (Lipinski definition) is 1. The molecule has 0 atom stereocenters. The first-order chi connectivity index (χ1) is 12.3. The maximum atomic E-state index is 12.0. The molecule has 0 spiro atoms. The van der Waals surface area contributed by atoms with Crippen LogP contribution in [0.2, 0.25) is 0 Å². The number of benzene rings is 1. The number of ether oxygens (including phenoxy) is 2. The van der Waals surface area contributed by atoms with Gasteiger partial charge < -0.3 is 19.3 Å². The Kier molecular flexibility index (Phi) is 4.04. The molecule has 0 bridgehead atoms. The van der Waals surface area contributed by atoms with Crippen molar-refractivity contribution >= 4 is 11.7 Å². The molecule has 0 radical (unpaired) electrons. The van der Waals surface area contributed by atoms with E-state index < -0.39 is 0 Å². The number of aromatic nitrogens is 2. The third kappa shape index (κ3) is 3.45. The standard InChI is InChI=1S/C18H15N3O4/c22-18(20-17-3-1-2-6-19-17)11-13-10-15(25-21-13)12-4-5-14-16(9-12)24-8-7-23-14/h1-6,9-10H,7-8,11H2,(H,19,20,22). The smallest absolute Gasteiger partial charge is 0.231 e. The summed E-state index contributed by atoms with van der Waals surface area (Å²) in [6, 6.07) is 12.6. The third-order valence-corrected chi connectivity index (χ3v) is 3.66. The van der Waals surface area contributed by atoms with E-state index in [4.69, 9.17) is 14.0 Å². The van der Waals surface area contributed by atoms with E-state index >= 15 is 0 Å². The molecular weight excluding hydrogens is 322 g/mol. The monoisotopic (exact) mass is 337 g/mol. The Morgan fingerprint density at radius 3 is 2.80 bits per heavy atom. The Morgan fingerprint density at radius 2 is 1.96 bits per heavy atom. The van der Waals surface area contributed by atoms with Crippen LogP contribution in [0.15, 0.2) is 53.2 Å². The highest BCUT2D eigenvalue weighted by atomic mass is 16.6. The SMILES string of the molecule is O=C(Cc1cc(-c2ccc3c(c2)OCCO3)on1)Nc1ccccn1. The lowest BCUT2D eigenvalue weighted by Crippen LogP contribution is -2.15. The minimum absolute atomic E-state index is 0.102. The second kappa shape index (κ2) is 6.64. The number of carbonyl (C=O) groups excluding carboxylic acids is 1. The van der Waals surface area contributed by atoms with Gasteiger partial charge in [0.25, 0.3) is 0 Å². The van der Waals surface area contributed by atoms with Gasteiger partial charge in [0.1, 0.15) is 19.0 Å². The Hall–Kier alpha value is -3.35. The number of nitrogens with zero attached hydrogens (tertiary/aromatic N) is 2. The van der Waals surface area contributed by atoms with Gasteiger partial charge in [-0.1, -0.05) is 11.2 Å². The van der Waals surface area contributed by atoms with Crippen LogP contribution in [-0.2, 0) is 11.2 Å². The number of amides is 1. The predicted octanol–water partition coefficient (Wildman–Crippen LogP) is 2.69. The van der Waals surface area contributed by atoms with E-state index in [0.717, 1.165) is 5.56 Å². The maximum Gasteiger partial charge on any atom is 0.231 e. The first-order valence-electron chi connectivity index (χ1n) is 7.84. The van der Waals surface area contributed by atoms with Gasteiger partial charge >= 0.3 is 0 Å². The Balaban J connectivity index is 1.46. The lowest BCUT2D eigenvalue weighted by Gasteiger charge is -2.18. The van der Waals surface area contributed by atoms with Gasteiger partial charge in [0.15, 0.2) is 17.3 Å². The number of anilines is 1. The lowest BCUT2D eigenvalue weighted by molar-refractivity contribution is -0.115. The van der Waals surface area contributed by atoms with Gasteiger partial charge in [0, 0.05) is 17.8 Å². The van der Waals surface area contributed by atoms with Crippen LogP contribution in [0.1, 0.15) is 5.69 Å². The number of pyridine rings is 1. The van der Waals surface area contributed by atoms with Crippen molar-refractivity contribution in [2.24, 2.45) is 0 Å². The largest absolute Gasteiger partial charge is 0.486 e. The molecular formula is C18H15N3O4. The molecule has 1 aliphatic rings. The molecule has 4 rings (SSSR count). The quantitative estimate of drug-likeness (QED) is 0.788. The van der Waals surface area contributed by atoms with Gasteiger partial charge in [0.05, 0.1) is 12.1 Å². The zero-order valence-corrected chi connectivity index (χ0v) is 13.3. The number of nitrogens with one attached hydrogen (secondary N) is 1. The van der Waals surface area contributed by atoms with E-state index in [9.17, 15) is 4.79 Å². The Bertz CT molecular complexity index is 892. The minimum atomic E-state index is -0.208. The molecule has 0 saturated heterocycles. The Labute approximate surface area is 143 Å². The highest BCUT2D eigenvalue weighted by Crippen LogP contribution is 2.34. The van der Waals surface area contributed by atoms with E-state index in [0.29, 0.717) is 42.0 Å². The van der Waals surface area contributed by atoms with Crippen molar-refractivity contribution in [3.63, 3.8) is 0 Å². The molecule has 3 heterocycles. The van der Waals surface area contributed by atoms with Crippen LogP contribution in [-0.4, -0.2) is 29.3 Å². The molecule has 7 heteroatoms. The average molecular weight is 337 g/mol. The molecule has 2 aromatic heterocycles. The number of carbonyl (C=O) groups is 1. The fourth-order valence-corrected chi connectivity index (χ4v) is 2.52. The van der Waals surface area contributed by atoms with Gasteiger partial charge in [-0.2, -0.15) is 0 Å². The first kappa shape index (κ1) is 15.2. The van der Waals surface area contributed by atoms with Crippen molar-refractivity contribution in [3.05, 3.63) is 54.4 Å². The summed E-state index contributed by atoms with van der Waals surface area (Å²) >= 11 is 0. The lowest BCUT2D eigenvalue weighted by atomic mass is 10.1. The molecule has 0 unspecified atom stereocenters. The van der Waals surface area contributed by atoms with Crippen molar-refractivity contribution in [2.75, 3.05) is 18.5 Å². The molecule has 0 fully saturated rings. The predicted molar refractivity (Wildman–Crippen MR) is 89.5 cm³/mol. The van der Waals surface area contributed by atoms with Crippen molar-refractivity contribution in [1.29, 1.82) is 0 Å². The maximum absolute atomic E-state index is 12.0. The zero-order chi connectivity index (χ0) is 17.1. The Morgan fingerprint density at radius 1 is 1.08 bits per heavy atom. The van der Waals surface area contributed by atoms with Crippen molar-refractivity contribution in [1.82, 2.24) is 10.1 Å². The minimum Gasteiger partial charge on any atom is -0.486 e. The fourth-order valence-electron chi connectivity index (χ4n) is 2.52. The van der Waals surface area contributed by atoms with Gasteiger partial charge in [0.2, 0.25) is 5.91 Å². The summed E-state index contributed by atoms with van der Waals surface area (Å²) in [6.07, 6.45) is 1.72. The van der Waals surface area contributed by atoms with E-state index in [1.165, 1.54) is 0 Å². The number of fused-ring (bicyclic) bond motifs is 1. The summed E-state index contributed by atoms with van der Waals surface area (Å²) in [5, 5.41) is 6.67. The molecule has 1 aliphatic heterocycles. The summed E-state index contributed by atoms with van der Waals surface area (Å²) in [4.78, 5) is 16.1. The van der Waals surface area contributed by atoms with E-state index in [-0.39, 0.29) is 12.3 Å². The van der Waals surface area contributed by atoms with Crippen LogP contribution < -0.4 is 14.8 Å². The van der Waals surface area contributed by atoms with Crippen molar-refractivity contribution < 1.29 is 18.8 Å². The number of rotatable bonds is 4. The summed E-state index contributed by atoms with van der Waals surface area (Å²) in [7, 11) is 0. The van der Waals surface area contributed by atoms with Crippen molar-refractivity contribution in [2.45, 2.75) is 6.42 Å². The van der Waals surface area contributed by atoms with E-state index in [2.05, 4.69) is 15.5 Å². The van der Waals surface area contributed by atoms with Crippen LogP contribution in [0.4, 0.5) is 5.82 Å². The summed E-state index contributed by atoms with van der Waals surface area (Å²) < 4.78 is 16.4. The normalized spacial score (nSPS) is 12.6. The molecule has 0 aliphatic carbocycles. The third-order valence-electron chi connectivity index (χ3n) is 3.66. The highest BCUT2D eigenvalue weighted by Gasteiger charge is 2.15. The van der Waals surface area contributed by atoms with Crippen LogP contribution >= 0.6 is 0 Å². The zero-order valence-electron chi connectivity index (χ0n) is 13.3. The topological polar surface area (TPSA) is 86.5 Å². The van der Waals surface area contributed by atoms with E-state index in [1.807, 2.05) is 18.2 Å². The fraction of sp³-hybridized carbons (Fsp3) is 0.167. The van der Waals surface area contributed by atoms with Crippen LogP contribution in [0, 0.1) is 0 Å². The second-order valence-electron chi connectivity index (χ2n) is 5.48. The van der Waals surface area contributed by atoms with Crippen LogP contribution in [0.3, 0.4) is 0 Å². The van der Waals surface area contributed by atoms with Crippen LogP contribution in [0.25, 0.3) is 11.3 Å². The van der Waals surface area contributed by atoms with Gasteiger partial charge in [-0.25, -0.2) is 4.98 Å². The first-order valence-corrected chi connectivity index (χ1v) is 7.84. The van der Waals surface area contributed by atoms with Gasteiger partial charge in [-0.3, -0.25) is 4.79 Å². The summed E-state index contributed by atoms with van der Waals surface area (Å²) in [5.74, 6) is 2.25. The molecule has 1 amide bonds. The molecule has 3 aromatic rings. The van der Waals surface area contributed by atoms with Crippen molar-refractivity contribution in [3.8, 4) is 22.8 Å². The molecule has 25 heavy (non-hydrogen) atoms. The van der Waals surface area contributed by atoms with E-state index in [1.54, 1.807) is 30.5 Å². The average Bonchev–Trinajstić information content (AvgIpc) is 3.10. The summed E-state index contributed by atoms with van der Waals surface area (Å²) in [6.45, 7) is 1.07. The molecule has 1 N–H and O–H groups in total. The molecule has 126 valence electrons. The molecule has 0 saturated carbocycles. The highest BCUT2D eigenvalue weighted by molar-refractivity contribution is 5.91. The van der Waals surface area contributed by atoms with Crippen LogP contribution in [0.5, 0.6) is 11.5 Å². The number of hydrogen-bond acceptors (Lipinski definition) is 6. The van der Waals surface area contributed by atoms with Gasteiger partial charge in [-0.15, -0.1) is 0 Å². The summed E-state index contributed by atoms with van der Waals surface area (Å²) in [5.41, 5.74) is 1.35. The van der Waals surface area contributed by atoms with Gasteiger partial charge in [-0.05, 0) is 30.3 Å². The molecule has 7 nitrogen and oxygen atoms in total.